The maximum absolute atomic E-state index is 9.99. The highest BCUT2D eigenvalue weighted by Gasteiger charge is 1.92. The van der Waals surface area contributed by atoms with Gasteiger partial charge in [-0.05, 0) is 0 Å². The summed E-state index contributed by atoms with van der Waals surface area (Å²) in [6, 6.07) is 0. The second-order valence-electron chi connectivity index (χ2n) is 1.91. The van der Waals surface area contributed by atoms with Gasteiger partial charge < -0.3 is 9.54 Å². The van der Waals surface area contributed by atoms with Crippen LogP contribution >= 0.6 is 0 Å². The third kappa shape index (κ3) is 3.26. The van der Waals surface area contributed by atoms with Gasteiger partial charge in [-0.3, -0.25) is 4.21 Å². The molecule has 0 saturated carbocycles. The van der Waals surface area contributed by atoms with Crippen LogP contribution in [0.1, 0.15) is 5.82 Å². The van der Waals surface area contributed by atoms with Gasteiger partial charge >= 0.3 is 0 Å². The Morgan fingerprint density at radius 1 is 1.82 bits per heavy atom. The van der Waals surface area contributed by atoms with Crippen molar-refractivity contribution in [2.24, 2.45) is 0 Å². The summed E-state index contributed by atoms with van der Waals surface area (Å²) in [5, 5.41) is 0. The molecule has 1 rings (SSSR count). The zero-order valence-corrected chi connectivity index (χ0v) is 6.56. The molecule has 0 fully saturated rings. The smallest absolute Gasteiger partial charge is 0.107 e. The summed E-state index contributed by atoms with van der Waals surface area (Å²) in [7, 11) is 0. The lowest BCUT2D eigenvalue weighted by Gasteiger charge is -2.04. The van der Waals surface area contributed by atoms with Crippen molar-refractivity contribution in [2.75, 3.05) is 6.54 Å². The number of rotatable bonds is 4. The van der Waals surface area contributed by atoms with E-state index in [9.17, 15) is 8.76 Å². The van der Waals surface area contributed by atoms with Gasteiger partial charge in [0, 0.05) is 36.6 Å². The SMILES string of the molecule is O=S([O-])NCCc1ncc[nH]1. The maximum Gasteiger partial charge on any atom is 0.107 e. The van der Waals surface area contributed by atoms with Gasteiger partial charge in [-0.15, -0.1) is 0 Å². The van der Waals surface area contributed by atoms with Gasteiger partial charge in [0.05, 0.1) is 0 Å². The molecule has 1 atom stereocenters. The zero-order valence-electron chi connectivity index (χ0n) is 5.74. The Morgan fingerprint density at radius 2 is 2.64 bits per heavy atom. The number of imidazole rings is 1. The number of hydrogen-bond donors (Lipinski definition) is 2. The molecule has 1 unspecified atom stereocenters. The molecule has 1 heterocycles. The van der Waals surface area contributed by atoms with Crippen LogP contribution in [0.4, 0.5) is 0 Å². The number of hydrogen-bond acceptors (Lipinski definition) is 3. The molecule has 0 saturated heterocycles. The molecular weight excluding hydrogens is 166 g/mol. The Bertz CT molecular complexity index is 224. The van der Waals surface area contributed by atoms with Gasteiger partial charge in [-0.1, -0.05) is 0 Å². The van der Waals surface area contributed by atoms with E-state index in [0.29, 0.717) is 13.0 Å². The predicted octanol–water partition coefficient (Wildman–Crippen LogP) is -0.664. The number of aromatic nitrogens is 2. The van der Waals surface area contributed by atoms with Crippen LogP contribution in [0, 0.1) is 0 Å². The van der Waals surface area contributed by atoms with E-state index < -0.39 is 11.3 Å². The molecule has 0 amide bonds. The Labute approximate surface area is 66.7 Å². The highest BCUT2D eigenvalue weighted by molar-refractivity contribution is 7.77. The molecule has 1 aromatic heterocycles. The van der Waals surface area contributed by atoms with Crippen molar-refractivity contribution in [3.63, 3.8) is 0 Å². The number of nitrogens with zero attached hydrogens (tertiary/aromatic N) is 1. The van der Waals surface area contributed by atoms with Crippen molar-refractivity contribution >= 4 is 11.3 Å². The predicted molar refractivity (Wildman–Crippen MR) is 39.2 cm³/mol. The summed E-state index contributed by atoms with van der Waals surface area (Å²) in [6.07, 6.45) is 3.91. The lowest BCUT2D eigenvalue weighted by Crippen LogP contribution is -2.19. The molecule has 1 aromatic rings. The first kappa shape index (κ1) is 8.38. The van der Waals surface area contributed by atoms with E-state index in [-0.39, 0.29) is 0 Å². The third-order valence-corrected chi connectivity index (χ3v) is 1.58. The van der Waals surface area contributed by atoms with Crippen LogP contribution in [-0.2, 0) is 17.7 Å². The Hall–Kier alpha value is -0.720. The Morgan fingerprint density at radius 3 is 3.18 bits per heavy atom. The molecule has 11 heavy (non-hydrogen) atoms. The Balaban J connectivity index is 2.19. The van der Waals surface area contributed by atoms with Gasteiger partial charge in [0.2, 0.25) is 0 Å². The molecule has 0 spiro atoms. The topological polar surface area (TPSA) is 80.8 Å². The van der Waals surface area contributed by atoms with E-state index >= 15 is 0 Å². The molecule has 0 aliphatic rings. The fraction of sp³-hybridized carbons (Fsp3) is 0.400. The second kappa shape index (κ2) is 4.22. The van der Waals surface area contributed by atoms with E-state index in [0.717, 1.165) is 5.82 Å². The molecule has 0 aliphatic carbocycles. The quantitative estimate of drug-likeness (QED) is 0.594. The van der Waals surface area contributed by atoms with Gasteiger partial charge in [0.25, 0.3) is 0 Å². The first-order chi connectivity index (χ1) is 5.29. The van der Waals surface area contributed by atoms with E-state index in [1.165, 1.54) is 0 Å². The van der Waals surface area contributed by atoms with Crippen LogP contribution in [0.15, 0.2) is 12.4 Å². The monoisotopic (exact) mass is 174 g/mol. The minimum Gasteiger partial charge on any atom is -0.760 e. The van der Waals surface area contributed by atoms with Crippen molar-refractivity contribution in [1.82, 2.24) is 14.7 Å². The molecule has 0 bridgehead atoms. The molecule has 6 heteroatoms. The van der Waals surface area contributed by atoms with E-state index in [1.807, 2.05) is 0 Å². The normalized spacial score (nSPS) is 13.2. The average Bonchev–Trinajstić information content (AvgIpc) is 2.39. The summed E-state index contributed by atoms with van der Waals surface area (Å²) in [5.74, 6) is 0.781. The fourth-order valence-corrected chi connectivity index (χ4v) is 0.956. The molecular formula is C5H8N3O2S-. The highest BCUT2D eigenvalue weighted by Crippen LogP contribution is 1.87. The molecule has 2 N–H and O–H groups in total. The number of aromatic amines is 1. The van der Waals surface area contributed by atoms with Crippen molar-refractivity contribution in [2.45, 2.75) is 6.42 Å². The third-order valence-electron chi connectivity index (χ3n) is 1.14. The van der Waals surface area contributed by atoms with E-state index in [2.05, 4.69) is 14.7 Å². The number of nitrogens with one attached hydrogen (secondary N) is 2. The van der Waals surface area contributed by atoms with Crippen LogP contribution in [0.5, 0.6) is 0 Å². The van der Waals surface area contributed by atoms with Crippen LogP contribution < -0.4 is 4.72 Å². The molecule has 5 nitrogen and oxygen atoms in total. The molecule has 0 aromatic carbocycles. The first-order valence-electron chi connectivity index (χ1n) is 3.10. The fourth-order valence-electron chi connectivity index (χ4n) is 0.687. The standard InChI is InChI=1S/C5H9N3O2S/c9-11(10)8-2-1-5-6-3-4-7-5/h3-4,8H,1-2H2,(H,6,7)(H,9,10)/p-1. The van der Waals surface area contributed by atoms with Gasteiger partial charge in [-0.2, -0.15) is 0 Å². The lowest BCUT2D eigenvalue weighted by atomic mass is 10.4. The second-order valence-corrected chi connectivity index (χ2v) is 2.67. The summed E-state index contributed by atoms with van der Waals surface area (Å²) in [5.41, 5.74) is 0. The largest absolute Gasteiger partial charge is 0.760 e. The van der Waals surface area contributed by atoms with Crippen molar-refractivity contribution in [3.05, 3.63) is 18.2 Å². The molecule has 0 radical (unpaired) electrons. The van der Waals surface area contributed by atoms with Gasteiger partial charge in [-0.25, -0.2) is 9.71 Å². The van der Waals surface area contributed by atoms with Crippen LogP contribution in [0.25, 0.3) is 0 Å². The van der Waals surface area contributed by atoms with Crippen LogP contribution in [0.2, 0.25) is 0 Å². The minimum atomic E-state index is -2.17. The van der Waals surface area contributed by atoms with Crippen molar-refractivity contribution in [3.8, 4) is 0 Å². The van der Waals surface area contributed by atoms with Gasteiger partial charge in [0.1, 0.15) is 5.82 Å². The first-order valence-corrected chi connectivity index (χ1v) is 4.17. The maximum atomic E-state index is 9.99. The van der Waals surface area contributed by atoms with Crippen molar-refractivity contribution in [1.29, 1.82) is 0 Å². The lowest BCUT2D eigenvalue weighted by molar-refractivity contribution is 0.522. The van der Waals surface area contributed by atoms with Crippen molar-refractivity contribution < 1.29 is 8.76 Å². The van der Waals surface area contributed by atoms with E-state index in [4.69, 9.17) is 0 Å². The highest BCUT2D eigenvalue weighted by atomic mass is 32.2. The zero-order chi connectivity index (χ0) is 8.10. The van der Waals surface area contributed by atoms with Crippen LogP contribution in [-0.4, -0.2) is 25.3 Å². The summed E-state index contributed by atoms with van der Waals surface area (Å²) in [4.78, 5) is 6.78. The van der Waals surface area contributed by atoms with Crippen LogP contribution in [0.3, 0.4) is 0 Å². The average molecular weight is 174 g/mol. The molecule has 0 aliphatic heterocycles. The van der Waals surface area contributed by atoms with Gasteiger partial charge in [0.15, 0.2) is 0 Å². The summed E-state index contributed by atoms with van der Waals surface area (Å²) >= 11 is -2.17. The van der Waals surface area contributed by atoms with E-state index in [1.54, 1.807) is 12.4 Å². The number of H-pyrrole nitrogens is 1. The molecule has 62 valence electrons. The summed E-state index contributed by atoms with van der Waals surface area (Å²) < 4.78 is 22.2. The Kier molecular flexibility index (Phi) is 3.21. The summed E-state index contributed by atoms with van der Waals surface area (Å²) in [6.45, 7) is 0.379. The minimum absolute atomic E-state index is 0.379.